The van der Waals surface area contributed by atoms with Gasteiger partial charge in [-0.2, -0.15) is 0 Å². The van der Waals surface area contributed by atoms with Crippen molar-refractivity contribution in [3.8, 4) is 0 Å². The van der Waals surface area contributed by atoms with Gasteiger partial charge >= 0.3 is 5.97 Å². The number of rotatable bonds is 5. The van der Waals surface area contributed by atoms with Gasteiger partial charge in [0.05, 0.1) is 5.92 Å². The van der Waals surface area contributed by atoms with Crippen molar-refractivity contribution in [2.45, 2.75) is 51.5 Å². The monoisotopic (exact) mass is 263 g/mol. The van der Waals surface area contributed by atoms with Crippen molar-refractivity contribution in [1.82, 2.24) is 9.97 Å². The van der Waals surface area contributed by atoms with Gasteiger partial charge in [0.15, 0.2) is 0 Å². The molecule has 5 nitrogen and oxygen atoms in total. The van der Waals surface area contributed by atoms with E-state index in [4.69, 9.17) is 5.11 Å². The van der Waals surface area contributed by atoms with Crippen LogP contribution >= 0.6 is 0 Å². The fourth-order valence-corrected chi connectivity index (χ4v) is 2.62. The smallest absolute Gasteiger partial charge is 0.306 e. The van der Waals surface area contributed by atoms with Crippen LogP contribution < -0.4 is 5.32 Å². The molecule has 1 aliphatic carbocycles. The van der Waals surface area contributed by atoms with E-state index >= 15 is 0 Å². The minimum Gasteiger partial charge on any atom is -0.481 e. The van der Waals surface area contributed by atoms with E-state index in [-0.39, 0.29) is 12.0 Å². The molecule has 0 bridgehead atoms. The molecule has 0 radical (unpaired) electrons. The molecule has 2 rings (SSSR count). The summed E-state index contributed by atoms with van der Waals surface area (Å²) in [6.07, 6.45) is 7.02. The molecule has 1 saturated carbocycles. The van der Waals surface area contributed by atoms with Gasteiger partial charge in [-0.1, -0.05) is 19.8 Å². The van der Waals surface area contributed by atoms with Gasteiger partial charge < -0.3 is 10.4 Å². The van der Waals surface area contributed by atoms with Gasteiger partial charge in [-0.05, 0) is 25.7 Å². The summed E-state index contributed by atoms with van der Waals surface area (Å²) in [6.45, 7) is 2.12. The van der Waals surface area contributed by atoms with Crippen LogP contribution in [0.25, 0.3) is 0 Å². The molecule has 1 heterocycles. The van der Waals surface area contributed by atoms with E-state index in [2.05, 4.69) is 22.2 Å². The van der Waals surface area contributed by atoms with Crippen LogP contribution in [0.3, 0.4) is 0 Å². The molecule has 19 heavy (non-hydrogen) atoms. The highest BCUT2D eigenvalue weighted by molar-refractivity contribution is 5.70. The van der Waals surface area contributed by atoms with Crippen molar-refractivity contribution in [3.05, 3.63) is 18.1 Å². The van der Waals surface area contributed by atoms with Gasteiger partial charge in [-0.25, -0.2) is 9.97 Å². The predicted molar refractivity (Wildman–Crippen MR) is 73.0 cm³/mol. The Labute approximate surface area is 113 Å². The molecule has 1 aromatic rings. The second kappa shape index (κ2) is 6.50. The first-order chi connectivity index (χ1) is 9.19. The van der Waals surface area contributed by atoms with E-state index in [0.29, 0.717) is 6.42 Å². The number of aliphatic carboxylic acids is 1. The highest BCUT2D eigenvalue weighted by atomic mass is 16.4. The van der Waals surface area contributed by atoms with Crippen LogP contribution in [0.5, 0.6) is 0 Å². The lowest BCUT2D eigenvalue weighted by Crippen LogP contribution is -2.31. The second-order valence-corrected chi connectivity index (χ2v) is 5.19. The van der Waals surface area contributed by atoms with Crippen molar-refractivity contribution < 1.29 is 9.90 Å². The Hall–Kier alpha value is -1.65. The third-order valence-electron chi connectivity index (χ3n) is 3.61. The second-order valence-electron chi connectivity index (χ2n) is 5.19. The van der Waals surface area contributed by atoms with Crippen LogP contribution in [0.4, 0.5) is 5.82 Å². The Bertz CT molecular complexity index is 436. The summed E-state index contributed by atoms with van der Waals surface area (Å²) >= 11 is 0. The molecule has 0 saturated heterocycles. The standard InChI is InChI=1S/C14H21N3O2/c1-2-4-11-8-13(16-9-15-11)17-12-6-3-5-10(7-12)14(18)19/h8-10,12H,2-7H2,1H3,(H,18,19)(H,15,16,17). The SMILES string of the molecule is CCCc1cc(NC2CCCC(C(=O)O)C2)ncn1. The number of hydrogen-bond donors (Lipinski definition) is 2. The summed E-state index contributed by atoms with van der Waals surface area (Å²) in [4.78, 5) is 19.5. The van der Waals surface area contributed by atoms with Gasteiger partial charge in [0.25, 0.3) is 0 Å². The molecule has 2 atom stereocenters. The van der Waals surface area contributed by atoms with Crippen LogP contribution in [0, 0.1) is 5.92 Å². The maximum absolute atomic E-state index is 11.0. The third-order valence-corrected chi connectivity index (χ3v) is 3.61. The number of anilines is 1. The number of nitrogens with zero attached hydrogens (tertiary/aromatic N) is 2. The first-order valence-corrected chi connectivity index (χ1v) is 6.99. The average Bonchev–Trinajstić information content (AvgIpc) is 2.40. The van der Waals surface area contributed by atoms with E-state index < -0.39 is 5.97 Å². The third kappa shape index (κ3) is 3.91. The highest BCUT2D eigenvalue weighted by Crippen LogP contribution is 2.26. The number of carboxylic acid groups (broad SMARTS) is 1. The van der Waals surface area contributed by atoms with Crippen LogP contribution in [0.15, 0.2) is 12.4 Å². The van der Waals surface area contributed by atoms with Crippen molar-refractivity contribution in [2.75, 3.05) is 5.32 Å². The molecule has 1 fully saturated rings. The summed E-state index contributed by atoms with van der Waals surface area (Å²) in [6, 6.07) is 2.17. The molecule has 2 unspecified atom stereocenters. The van der Waals surface area contributed by atoms with Crippen molar-refractivity contribution >= 4 is 11.8 Å². The zero-order valence-corrected chi connectivity index (χ0v) is 11.3. The fraction of sp³-hybridized carbons (Fsp3) is 0.643. The molecule has 2 N–H and O–H groups in total. The number of aromatic nitrogens is 2. The molecule has 1 aromatic heterocycles. The fourth-order valence-electron chi connectivity index (χ4n) is 2.62. The van der Waals surface area contributed by atoms with Crippen molar-refractivity contribution in [3.63, 3.8) is 0 Å². The Kier molecular flexibility index (Phi) is 4.71. The molecule has 104 valence electrons. The topological polar surface area (TPSA) is 75.1 Å². The maximum Gasteiger partial charge on any atom is 0.306 e. The summed E-state index contributed by atoms with van der Waals surface area (Å²) < 4.78 is 0. The molecular weight excluding hydrogens is 242 g/mol. The molecule has 0 aromatic carbocycles. The molecule has 5 heteroatoms. The van der Waals surface area contributed by atoms with Crippen LogP contribution in [-0.2, 0) is 11.2 Å². The Balaban J connectivity index is 1.96. The summed E-state index contributed by atoms with van der Waals surface area (Å²) in [5.74, 6) is -0.0847. The first kappa shape index (κ1) is 13.8. The minimum atomic E-state index is -0.680. The molecule has 0 spiro atoms. The number of nitrogens with one attached hydrogen (secondary N) is 1. The zero-order valence-electron chi connectivity index (χ0n) is 11.3. The Morgan fingerprint density at radius 3 is 3.05 bits per heavy atom. The maximum atomic E-state index is 11.0. The molecule has 1 aliphatic rings. The minimum absolute atomic E-state index is 0.208. The van der Waals surface area contributed by atoms with Gasteiger partial charge in [0, 0.05) is 17.8 Å². The van der Waals surface area contributed by atoms with Crippen LogP contribution in [0.1, 0.15) is 44.7 Å². The van der Waals surface area contributed by atoms with Gasteiger partial charge in [0.2, 0.25) is 0 Å². The van der Waals surface area contributed by atoms with E-state index in [1.54, 1.807) is 6.33 Å². The summed E-state index contributed by atoms with van der Waals surface area (Å²) in [7, 11) is 0. The lowest BCUT2D eigenvalue weighted by molar-refractivity contribution is -0.142. The Morgan fingerprint density at radius 2 is 2.32 bits per heavy atom. The molecule has 0 amide bonds. The van der Waals surface area contributed by atoms with E-state index in [1.807, 2.05) is 6.07 Å². The number of carbonyl (C=O) groups is 1. The Morgan fingerprint density at radius 1 is 1.47 bits per heavy atom. The number of hydrogen-bond acceptors (Lipinski definition) is 4. The van der Waals surface area contributed by atoms with Gasteiger partial charge in [-0.15, -0.1) is 0 Å². The van der Waals surface area contributed by atoms with Gasteiger partial charge in [0.1, 0.15) is 12.1 Å². The quantitative estimate of drug-likeness (QED) is 0.853. The van der Waals surface area contributed by atoms with Crippen molar-refractivity contribution in [2.24, 2.45) is 5.92 Å². The highest BCUT2D eigenvalue weighted by Gasteiger charge is 2.26. The number of aryl methyl sites for hydroxylation is 1. The summed E-state index contributed by atoms with van der Waals surface area (Å²) in [5, 5.41) is 12.4. The predicted octanol–water partition coefficient (Wildman–Crippen LogP) is 2.48. The average molecular weight is 263 g/mol. The van der Waals surface area contributed by atoms with Crippen molar-refractivity contribution in [1.29, 1.82) is 0 Å². The van der Waals surface area contributed by atoms with Crippen LogP contribution in [-0.4, -0.2) is 27.1 Å². The van der Waals surface area contributed by atoms with Crippen LogP contribution in [0.2, 0.25) is 0 Å². The molecular formula is C14H21N3O2. The number of carboxylic acids is 1. The first-order valence-electron chi connectivity index (χ1n) is 6.99. The van der Waals surface area contributed by atoms with E-state index in [9.17, 15) is 4.79 Å². The molecule has 0 aliphatic heterocycles. The lowest BCUT2D eigenvalue weighted by atomic mass is 9.86. The normalized spacial score (nSPS) is 23.0. The summed E-state index contributed by atoms with van der Waals surface area (Å²) in [5.41, 5.74) is 1.03. The van der Waals surface area contributed by atoms with E-state index in [0.717, 1.165) is 43.6 Å². The van der Waals surface area contributed by atoms with E-state index in [1.165, 1.54) is 0 Å². The van der Waals surface area contributed by atoms with Gasteiger partial charge in [-0.3, -0.25) is 4.79 Å². The lowest BCUT2D eigenvalue weighted by Gasteiger charge is -2.27. The zero-order chi connectivity index (χ0) is 13.7. The largest absolute Gasteiger partial charge is 0.481 e.